The molecule has 0 saturated heterocycles. The number of hydrogen-bond donors (Lipinski definition) is 0. The van der Waals surface area contributed by atoms with Gasteiger partial charge in [-0.05, 0) is 48.0 Å². The van der Waals surface area contributed by atoms with Gasteiger partial charge < -0.3 is 9.64 Å². The molecule has 2 aromatic carbocycles. The molecule has 0 unspecified atom stereocenters. The summed E-state index contributed by atoms with van der Waals surface area (Å²) in [6.45, 7) is 0. The van der Waals surface area contributed by atoms with Crippen LogP contribution in [-0.4, -0.2) is 12.4 Å². The summed E-state index contributed by atoms with van der Waals surface area (Å²) in [7, 11) is 1.61. The number of hydrogen-bond acceptors (Lipinski definition) is 2. The number of carbonyl (C=O) groups is 1. The summed E-state index contributed by atoms with van der Waals surface area (Å²) >= 11 is 5.39. The lowest BCUT2D eigenvalue weighted by Crippen LogP contribution is -2.19. The molecule has 1 amide bonds. The molecule has 4 heteroatoms. The van der Waals surface area contributed by atoms with Crippen molar-refractivity contribution in [3.63, 3.8) is 0 Å². The highest BCUT2D eigenvalue weighted by Gasteiger charge is 2.07. The third kappa shape index (κ3) is 3.02. The van der Waals surface area contributed by atoms with E-state index in [-0.39, 0.29) is 0 Å². The zero-order valence-electron chi connectivity index (χ0n) is 9.84. The van der Waals surface area contributed by atoms with Gasteiger partial charge in [0.1, 0.15) is 11.5 Å². The van der Waals surface area contributed by atoms with Crippen molar-refractivity contribution < 1.29 is 9.53 Å². The Morgan fingerprint density at radius 2 is 1.56 bits per heavy atom. The number of rotatable bonds is 3. The Hall–Kier alpha value is -2.00. The zero-order valence-corrected chi connectivity index (χ0v) is 10.6. The van der Waals surface area contributed by atoms with Crippen LogP contribution >= 0.6 is 11.6 Å². The zero-order chi connectivity index (χ0) is 13.0. The number of ether oxygens (including phenoxy) is 1. The number of amides is 1. The minimum atomic E-state index is -0.522. The molecule has 0 aromatic heterocycles. The van der Waals surface area contributed by atoms with Crippen LogP contribution in [0.25, 0.3) is 0 Å². The van der Waals surface area contributed by atoms with Crippen molar-refractivity contribution in [2.45, 2.75) is 0 Å². The molecule has 0 aliphatic heterocycles. The minimum absolute atomic E-state index is 0.522. The third-order valence-corrected chi connectivity index (χ3v) is 2.72. The first kappa shape index (κ1) is 12.5. The summed E-state index contributed by atoms with van der Waals surface area (Å²) in [6.07, 6.45) is 0. The predicted octanol–water partition coefficient (Wildman–Crippen LogP) is 4.27. The maximum atomic E-state index is 11.0. The lowest BCUT2D eigenvalue weighted by atomic mass is 10.3. The van der Waals surface area contributed by atoms with Gasteiger partial charge in [0.15, 0.2) is 0 Å². The number of halogens is 1. The van der Waals surface area contributed by atoms with Crippen LogP contribution in [0.2, 0.25) is 0 Å². The molecule has 0 heterocycles. The lowest BCUT2D eigenvalue weighted by Gasteiger charge is -2.13. The van der Waals surface area contributed by atoms with Crippen LogP contribution in [0.5, 0.6) is 11.5 Å². The summed E-state index contributed by atoms with van der Waals surface area (Å²) < 4.78 is 5.64. The van der Waals surface area contributed by atoms with Crippen LogP contribution in [0.4, 0.5) is 10.5 Å². The quantitative estimate of drug-likeness (QED) is 0.610. The van der Waals surface area contributed by atoms with Crippen molar-refractivity contribution in [1.82, 2.24) is 0 Å². The van der Waals surface area contributed by atoms with E-state index in [1.807, 2.05) is 30.3 Å². The number of benzene rings is 2. The van der Waals surface area contributed by atoms with Gasteiger partial charge in [-0.15, -0.1) is 0 Å². The highest BCUT2D eigenvalue weighted by molar-refractivity contribution is 6.66. The molecule has 2 rings (SSSR count). The summed E-state index contributed by atoms with van der Waals surface area (Å²) in [5, 5.41) is -0.522. The van der Waals surface area contributed by atoms with Crippen LogP contribution in [-0.2, 0) is 0 Å². The third-order valence-electron chi connectivity index (χ3n) is 2.47. The molecule has 0 bridgehead atoms. The second kappa shape index (κ2) is 5.56. The predicted molar refractivity (Wildman–Crippen MR) is 72.6 cm³/mol. The smallest absolute Gasteiger partial charge is 0.320 e. The van der Waals surface area contributed by atoms with Crippen LogP contribution < -0.4 is 9.64 Å². The van der Waals surface area contributed by atoms with Crippen molar-refractivity contribution >= 4 is 22.7 Å². The topological polar surface area (TPSA) is 29.5 Å². The van der Waals surface area contributed by atoms with E-state index in [0.29, 0.717) is 5.75 Å². The van der Waals surface area contributed by atoms with Crippen LogP contribution in [0, 0.1) is 0 Å². The normalized spacial score (nSPS) is 9.89. The Kier molecular flexibility index (Phi) is 3.85. The number of para-hydroxylation sites is 1. The molecule has 0 spiro atoms. The number of carbonyl (C=O) groups excluding carboxylic acids is 1. The molecule has 0 aliphatic rings. The van der Waals surface area contributed by atoms with Gasteiger partial charge in [-0.2, -0.15) is 0 Å². The van der Waals surface area contributed by atoms with Crippen LogP contribution in [0.15, 0.2) is 54.6 Å². The standard InChI is InChI=1S/C14H12ClNO2/c1-16(14(15)17)11-7-9-13(10-8-11)18-12-5-3-2-4-6-12/h2-10H,1H3. The molecule has 0 saturated carbocycles. The van der Waals surface area contributed by atoms with Crippen molar-refractivity contribution in [3.8, 4) is 11.5 Å². The summed E-state index contributed by atoms with van der Waals surface area (Å²) in [5.74, 6) is 1.48. The average molecular weight is 262 g/mol. The van der Waals surface area contributed by atoms with Gasteiger partial charge in [0, 0.05) is 12.7 Å². The monoisotopic (exact) mass is 261 g/mol. The van der Waals surface area contributed by atoms with Crippen LogP contribution in [0.1, 0.15) is 0 Å². The Bertz CT molecular complexity index is 525. The average Bonchev–Trinajstić information content (AvgIpc) is 2.40. The van der Waals surface area contributed by atoms with Gasteiger partial charge in [-0.3, -0.25) is 4.79 Å². The van der Waals surface area contributed by atoms with E-state index in [9.17, 15) is 4.79 Å². The summed E-state index contributed by atoms with van der Waals surface area (Å²) in [6, 6.07) is 16.6. The summed E-state index contributed by atoms with van der Waals surface area (Å²) in [5.41, 5.74) is 0.718. The maximum Gasteiger partial charge on any atom is 0.320 e. The van der Waals surface area contributed by atoms with Crippen molar-refractivity contribution in [3.05, 3.63) is 54.6 Å². The molecule has 0 aliphatic carbocycles. The van der Waals surface area contributed by atoms with Crippen molar-refractivity contribution in [2.24, 2.45) is 0 Å². The Balaban J connectivity index is 2.11. The molecular formula is C14H12ClNO2. The van der Waals surface area contributed by atoms with Gasteiger partial charge in [-0.25, -0.2) is 0 Å². The molecular weight excluding hydrogens is 250 g/mol. The van der Waals surface area contributed by atoms with Crippen molar-refractivity contribution in [1.29, 1.82) is 0 Å². The Morgan fingerprint density at radius 3 is 2.11 bits per heavy atom. The molecule has 0 fully saturated rings. The second-order valence-corrected chi connectivity index (χ2v) is 4.04. The molecule has 18 heavy (non-hydrogen) atoms. The summed E-state index contributed by atoms with van der Waals surface area (Å²) in [4.78, 5) is 12.3. The highest BCUT2D eigenvalue weighted by Crippen LogP contribution is 2.24. The SMILES string of the molecule is CN(C(=O)Cl)c1ccc(Oc2ccccc2)cc1. The van der Waals surface area contributed by atoms with E-state index in [0.717, 1.165) is 11.4 Å². The first-order valence-electron chi connectivity index (χ1n) is 5.43. The van der Waals surface area contributed by atoms with Crippen LogP contribution in [0.3, 0.4) is 0 Å². The molecule has 92 valence electrons. The van der Waals surface area contributed by atoms with E-state index in [1.54, 1.807) is 31.3 Å². The van der Waals surface area contributed by atoms with E-state index in [2.05, 4.69) is 0 Å². The van der Waals surface area contributed by atoms with Gasteiger partial charge in [0.25, 0.3) is 0 Å². The lowest BCUT2D eigenvalue weighted by molar-refractivity contribution is 0.265. The molecule has 0 radical (unpaired) electrons. The molecule has 2 aromatic rings. The van der Waals surface area contributed by atoms with Gasteiger partial charge in [-0.1, -0.05) is 18.2 Å². The molecule has 0 N–H and O–H groups in total. The second-order valence-electron chi connectivity index (χ2n) is 3.72. The maximum absolute atomic E-state index is 11.0. The van der Waals surface area contributed by atoms with Gasteiger partial charge >= 0.3 is 5.37 Å². The first-order valence-corrected chi connectivity index (χ1v) is 5.81. The van der Waals surface area contributed by atoms with Gasteiger partial charge in [0.05, 0.1) is 0 Å². The van der Waals surface area contributed by atoms with Gasteiger partial charge in [0.2, 0.25) is 0 Å². The minimum Gasteiger partial charge on any atom is -0.457 e. The van der Waals surface area contributed by atoms with E-state index < -0.39 is 5.37 Å². The first-order chi connectivity index (χ1) is 8.66. The fraction of sp³-hybridized carbons (Fsp3) is 0.0714. The van der Waals surface area contributed by atoms with E-state index in [1.165, 1.54) is 4.90 Å². The van der Waals surface area contributed by atoms with E-state index >= 15 is 0 Å². The highest BCUT2D eigenvalue weighted by atomic mass is 35.5. The largest absolute Gasteiger partial charge is 0.457 e. The Morgan fingerprint density at radius 1 is 1.00 bits per heavy atom. The number of anilines is 1. The Labute approximate surface area is 111 Å². The fourth-order valence-corrected chi connectivity index (χ4v) is 1.56. The number of nitrogens with zero attached hydrogens (tertiary/aromatic N) is 1. The van der Waals surface area contributed by atoms with Crippen molar-refractivity contribution in [2.75, 3.05) is 11.9 Å². The molecule has 3 nitrogen and oxygen atoms in total. The van der Waals surface area contributed by atoms with E-state index in [4.69, 9.17) is 16.3 Å². The fourth-order valence-electron chi connectivity index (χ4n) is 1.46. The molecule has 0 atom stereocenters.